The average Bonchev–Trinajstić information content (AvgIpc) is 2.06. The molecule has 0 heterocycles. The molecule has 0 aromatic heterocycles. The fourth-order valence-corrected chi connectivity index (χ4v) is 1.12. The van der Waals surface area contributed by atoms with Crippen LogP contribution in [-0.2, 0) is 4.79 Å². The predicted molar refractivity (Wildman–Crippen MR) is 51.4 cm³/mol. The van der Waals surface area contributed by atoms with E-state index in [0.29, 0.717) is 0 Å². The molecule has 0 radical (unpaired) electrons. The molecule has 0 aliphatic rings. The summed E-state index contributed by atoms with van der Waals surface area (Å²) in [6.07, 6.45) is 4.03. The van der Waals surface area contributed by atoms with Crippen LogP contribution in [0.25, 0.3) is 0 Å². The first kappa shape index (κ1) is 11.1. The molecule has 0 spiro atoms. The minimum absolute atomic E-state index is 0.0686. The molecule has 0 rings (SSSR count). The summed E-state index contributed by atoms with van der Waals surface area (Å²) in [6.45, 7) is 7.41. The van der Waals surface area contributed by atoms with Gasteiger partial charge in [-0.3, -0.25) is 4.79 Å². The van der Waals surface area contributed by atoms with Crippen LogP contribution in [0.1, 0.15) is 39.5 Å². The standard InChI is InChI=1S/C10H17NO/c1-4-7-8-9(5-2)10(12)11-6-3/h9H,3-5,7-8H2,1-2H3. The summed E-state index contributed by atoms with van der Waals surface area (Å²) in [5, 5.41) is 0. The van der Waals surface area contributed by atoms with Gasteiger partial charge in [0, 0.05) is 5.92 Å². The topological polar surface area (TPSA) is 29.4 Å². The maximum Gasteiger partial charge on any atom is 0.256 e. The fourth-order valence-electron chi connectivity index (χ4n) is 1.12. The van der Waals surface area contributed by atoms with Gasteiger partial charge in [0.1, 0.15) is 0 Å². The maximum atomic E-state index is 11.2. The highest BCUT2D eigenvalue weighted by Gasteiger charge is 2.13. The quantitative estimate of drug-likeness (QED) is 0.579. The van der Waals surface area contributed by atoms with E-state index in [9.17, 15) is 4.79 Å². The summed E-state index contributed by atoms with van der Waals surface area (Å²) in [7, 11) is 0. The van der Waals surface area contributed by atoms with Crippen LogP contribution in [0.3, 0.4) is 0 Å². The highest BCUT2D eigenvalue weighted by molar-refractivity contribution is 5.84. The van der Waals surface area contributed by atoms with Crippen LogP contribution in [0, 0.1) is 5.92 Å². The molecule has 68 valence electrons. The monoisotopic (exact) mass is 167 g/mol. The third-order valence-corrected chi connectivity index (χ3v) is 1.94. The number of carbonyl (C=O) groups is 1. The average molecular weight is 167 g/mol. The zero-order chi connectivity index (χ0) is 9.40. The smallest absolute Gasteiger partial charge is 0.256 e. The second-order valence-corrected chi connectivity index (χ2v) is 2.86. The maximum absolute atomic E-state index is 11.2. The van der Waals surface area contributed by atoms with Crippen LogP contribution in [0.2, 0.25) is 0 Å². The normalized spacial score (nSPS) is 11.8. The van der Waals surface area contributed by atoms with E-state index in [1.807, 2.05) is 6.92 Å². The first-order valence-corrected chi connectivity index (χ1v) is 4.52. The molecular formula is C10H17NO. The molecule has 2 heteroatoms. The molecule has 2 nitrogen and oxygen atoms in total. The molecule has 1 unspecified atom stereocenters. The molecule has 0 aromatic carbocycles. The van der Waals surface area contributed by atoms with E-state index in [2.05, 4.69) is 24.4 Å². The molecule has 0 saturated heterocycles. The van der Waals surface area contributed by atoms with E-state index in [1.165, 1.54) is 0 Å². The van der Waals surface area contributed by atoms with Gasteiger partial charge in [-0.15, -0.1) is 0 Å². The van der Waals surface area contributed by atoms with Crippen molar-refractivity contribution in [1.82, 2.24) is 0 Å². The Kier molecular flexibility index (Phi) is 6.31. The lowest BCUT2D eigenvalue weighted by atomic mass is 9.99. The summed E-state index contributed by atoms with van der Waals surface area (Å²) in [5.41, 5.74) is 0. The third-order valence-electron chi connectivity index (χ3n) is 1.94. The summed E-state index contributed by atoms with van der Waals surface area (Å²) < 4.78 is 0. The lowest BCUT2D eigenvalue weighted by molar-refractivity contribution is -0.121. The highest BCUT2D eigenvalue weighted by Crippen LogP contribution is 2.13. The molecule has 0 saturated carbocycles. The SMILES string of the molecule is C=C=NC(=O)C(CC)CCCC. The van der Waals surface area contributed by atoms with Gasteiger partial charge in [0.25, 0.3) is 5.91 Å². The van der Waals surface area contributed by atoms with Crippen molar-refractivity contribution < 1.29 is 4.79 Å². The molecule has 0 aromatic rings. The van der Waals surface area contributed by atoms with E-state index in [0.717, 1.165) is 25.7 Å². The van der Waals surface area contributed by atoms with Crippen molar-refractivity contribution in [3.63, 3.8) is 0 Å². The first-order valence-electron chi connectivity index (χ1n) is 4.52. The van der Waals surface area contributed by atoms with E-state index >= 15 is 0 Å². The third kappa shape index (κ3) is 4.09. The Balaban J connectivity index is 3.95. The number of hydrogen-bond donors (Lipinski definition) is 0. The number of nitrogens with zero attached hydrogens (tertiary/aromatic N) is 1. The summed E-state index contributed by atoms with van der Waals surface area (Å²) in [4.78, 5) is 14.8. The fraction of sp³-hybridized carbons (Fsp3) is 0.700. The van der Waals surface area contributed by atoms with Gasteiger partial charge in [0.2, 0.25) is 0 Å². The number of amides is 1. The number of aliphatic imine (C=N–C) groups is 1. The minimum Gasteiger partial charge on any atom is -0.272 e. The Bertz CT molecular complexity index is 180. The highest BCUT2D eigenvalue weighted by atomic mass is 16.1. The van der Waals surface area contributed by atoms with E-state index in [1.54, 1.807) is 0 Å². The van der Waals surface area contributed by atoms with Gasteiger partial charge in [-0.25, -0.2) is 0 Å². The van der Waals surface area contributed by atoms with E-state index < -0.39 is 0 Å². The summed E-state index contributed by atoms with van der Waals surface area (Å²) in [5.74, 6) is 2.30. The Labute approximate surface area is 74.4 Å². The molecule has 0 N–H and O–H groups in total. The number of rotatable bonds is 5. The van der Waals surface area contributed by atoms with Crippen LogP contribution in [0.15, 0.2) is 11.6 Å². The van der Waals surface area contributed by atoms with Gasteiger partial charge >= 0.3 is 0 Å². The van der Waals surface area contributed by atoms with Crippen molar-refractivity contribution in [3.8, 4) is 0 Å². The second-order valence-electron chi connectivity index (χ2n) is 2.86. The van der Waals surface area contributed by atoms with Crippen molar-refractivity contribution in [3.05, 3.63) is 6.58 Å². The molecule has 1 amide bonds. The van der Waals surface area contributed by atoms with Gasteiger partial charge in [-0.1, -0.05) is 26.7 Å². The number of unbranched alkanes of at least 4 members (excludes halogenated alkanes) is 1. The molecule has 0 aliphatic carbocycles. The molecular weight excluding hydrogens is 150 g/mol. The zero-order valence-electron chi connectivity index (χ0n) is 7.97. The molecule has 0 aliphatic heterocycles. The zero-order valence-corrected chi connectivity index (χ0v) is 7.97. The minimum atomic E-state index is -0.0686. The lowest BCUT2D eigenvalue weighted by Gasteiger charge is -2.07. The van der Waals surface area contributed by atoms with Crippen LogP contribution in [-0.4, -0.2) is 11.8 Å². The van der Waals surface area contributed by atoms with Crippen molar-refractivity contribution in [1.29, 1.82) is 0 Å². The van der Waals surface area contributed by atoms with Crippen LogP contribution >= 0.6 is 0 Å². The summed E-state index contributed by atoms with van der Waals surface area (Å²) in [6, 6.07) is 0. The van der Waals surface area contributed by atoms with Crippen molar-refractivity contribution in [2.75, 3.05) is 0 Å². The van der Waals surface area contributed by atoms with Crippen molar-refractivity contribution in [2.45, 2.75) is 39.5 Å². The van der Waals surface area contributed by atoms with E-state index in [-0.39, 0.29) is 11.8 Å². The largest absolute Gasteiger partial charge is 0.272 e. The van der Waals surface area contributed by atoms with Crippen LogP contribution in [0.5, 0.6) is 0 Å². The van der Waals surface area contributed by atoms with E-state index in [4.69, 9.17) is 0 Å². The number of carbonyl (C=O) groups excluding carboxylic acids is 1. The Morgan fingerprint density at radius 2 is 2.25 bits per heavy atom. The predicted octanol–water partition coefficient (Wildman–Crippen LogP) is 2.59. The van der Waals surface area contributed by atoms with Crippen molar-refractivity contribution >= 4 is 11.8 Å². The molecule has 0 fully saturated rings. The summed E-state index contributed by atoms with van der Waals surface area (Å²) >= 11 is 0. The number of hydrogen-bond acceptors (Lipinski definition) is 1. The lowest BCUT2D eigenvalue weighted by Crippen LogP contribution is -2.10. The van der Waals surface area contributed by atoms with Gasteiger partial charge in [0.15, 0.2) is 0 Å². The van der Waals surface area contributed by atoms with Crippen molar-refractivity contribution in [2.24, 2.45) is 10.9 Å². The van der Waals surface area contributed by atoms with Gasteiger partial charge in [0.05, 0.1) is 0 Å². The first-order chi connectivity index (χ1) is 5.76. The van der Waals surface area contributed by atoms with Gasteiger partial charge in [-0.05, 0) is 25.3 Å². The van der Waals surface area contributed by atoms with Gasteiger partial charge < -0.3 is 0 Å². The Morgan fingerprint density at radius 3 is 2.67 bits per heavy atom. The molecule has 12 heavy (non-hydrogen) atoms. The molecule has 1 atom stereocenters. The Hall–Kier alpha value is -0.880. The van der Waals surface area contributed by atoms with Crippen LogP contribution in [0.4, 0.5) is 0 Å². The van der Waals surface area contributed by atoms with Crippen LogP contribution < -0.4 is 0 Å². The molecule has 0 bridgehead atoms. The second kappa shape index (κ2) is 6.81. The van der Waals surface area contributed by atoms with Gasteiger partial charge in [-0.2, -0.15) is 4.99 Å². The Morgan fingerprint density at radius 1 is 1.58 bits per heavy atom.